The molecule has 156 valence electrons. The molecule has 2 N–H and O–H groups in total. The van der Waals surface area contributed by atoms with Gasteiger partial charge in [-0.2, -0.15) is 0 Å². The van der Waals surface area contributed by atoms with Crippen molar-refractivity contribution in [1.29, 1.82) is 0 Å². The smallest absolute Gasteiger partial charge is 0.224 e. The van der Waals surface area contributed by atoms with Gasteiger partial charge in [0.1, 0.15) is 5.82 Å². The van der Waals surface area contributed by atoms with E-state index < -0.39 is 0 Å². The van der Waals surface area contributed by atoms with Crippen molar-refractivity contribution < 1.29 is 14.0 Å². The molecule has 1 aliphatic heterocycles. The third-order valence-electron chi connectivity index (χ3n) is 5.46. The van der Waals surface area contributed by atoms with Gasteiger partial charge in [0.05, 0.1) is 0 Å². The number of H-pyrrole nitrogens is 1. The predicted molar refractivity (Wildman–Crippen MR) is 116 cm³/mol. The zero-order chi connectivity index (χ0) is 20.9. The highest BCUT2D eigenvalue weighted by atomic mass is 19.1. The number of halogens is 1. The van der Waals surface area contributed by atoms with Gasteiger partial charge in [0.2, 0.25) is 11.8 Å². The molecule has 3 aromatic rings. The van der Waals surface area contributed by atoms with E-state index in [0.717, 1.165) is 35.4 Å². The summed E-state index contributed by atoms with van der Waals surface area (Å²) in [6.07, 6.45) is 3.06. The van der Waals surface area contributed by atoms with Gasteiger partial charge in [-0.3, -0.25) is 9.59 Å². The van der Waals surface area contributed by atoms with E-state index in [1.807, 2.05) is 35.4 Å². The molecule has 1 aliphatic rings. The lowest BCUT2D eigenvalue weighted by atomic mass is 10.1. The van der Waals surface area contributed by atoms with Crippen LogP contribution in [-0.2, 0) is 9.59 Å². The minimum absolute atomic E-state index is 0.0790. The van der Waals surface area contributed by atoms with Crippen LogP contribution in [0, 0.1) is 5.82 Å². The Morgan fingerprint density at radius 3 is 2.50 bits per heavy atom. The molecule has 0 atom stereocenters. The average molecular weight is 408 g/mol. The molecule has 0 aliphatic carbocycles. The van der Waals surface area contributed by atoms with Gasteiger partial charge in [-0.25, -0.2) is 4.39 Å². The number of rotatable bonds is 6. The monoisotopic (exact) mass is 408 g/mol. The van der Waals surface area contributed by atoms with Crippen LogP contribution >= 0.6 is 0 Å². The quantitative estimate of drug-likeness (QED) is 0.653. The third-order valence-corrected chi connectivity index (χ3v) is 5.46. The minimum Gasteiger partial charge on any atom is -0.368 e. The lowest BCUT2D eigenvalue weighted by molar-refractivity contribution is -0.131. The van der Waals surface area contributed by atoms with Crippen LogP contribution in [0.1, 0.15) is 19.3 Å². The number of benzene rings is 2. The van der Waals surface area contributed by atoms with Crippen molar-refractivity contribution in [2.24, 2.45) is 0 Å². The van der Waals surface area contributed by atoms with E-state index in [1.165, 1.54) is 12.1 Å². The van der Waals surface area contributed by atoms with Crippen molar-refractivity contribution >= 4 is 34.1 Å². The molecule has 0 bridgehead atoms. The summed E-state index contributed by atoms with van der Waals surface area (Å²) in [5.74, 6) is -0.254. The highest BCUT2D eigenvalue weighted by Crippen LogP contribution is 2.19. The summed E-state index contributed by atoms with van der Waals surface area (Å²) in [4.78, 5) is 31.8. The van der Waals surface area contributed by atoms with Gasteiger partial charge < -0.3 is 20.1 Å². The topological polar surface area (TPSA) is 68.4 Å². The van der Waals surface area contributed by atoms with Crippen molar-refractivity contribution in [2.75, 3.05) is 36.4 Å². The number of aromatic nitrogens is 1. The van der Waals surface area contributed by atoms with E-state index >= 15 is 0 Å². The van der Waals surface area contributed by atoms with E-state index in [0.29, 0.717) is 32.4 Å². The molecule has 4 rings (SSSR count). The Morgan fingerprint density at radius 2 is 1.73 bits per heavy atom. The van der Waals surface area contributed by atoms with Gasteiger partial charge >= 0.3 is 0 Å². The molecule has 2 heterocycles. The van der Waals surface area contributed by atoms with Crippen LogP contribution in [0.4, 0.5) is 15.8 Å². The SMILES string of the molecule is O=C(CCCC(=O)N1CCN(c2ccc(F)cc2)CC1)Nc1ccc2[nH]ccc2c1. The number of nitrogens with one attached hydrogen (secondary N) is 2. The summed E-state index contributed by atoms with van der Waals surface area (Å²) in [6, 6.07) is 14.1. The zero-order valence-electron chi connectivity index (χ0n) is 16.7. The Bertz CT molecular complexity index is 1020. The van der Waals surface area contributed by atoms with Crippen LogP contribution in [0.15, 0.2) is 54.7 Å². The number of nitrogens with zero attached hydrogens (tertiary/aromatic N) is 2. The molecule has 30 heavy (non-hydrogen) atoms. The molecular formula is C23H25FN4O2. The second-order valence-electron chi connectivity index (χ2n) is 7.53. The molecule has 2 aromatic carbocycles. The molecule has 1 aromatic heterocycles. The van der Waals surface area contributed by atoms with Crippen molar-refractivity contribution in [3.05, 3.63) is 60.5 Å². The van der Waals surface area contributed by atoms with Crippen molar-refractivity contribution in [1.82, 2.24) is 9.88 Å². The van der Waals surface area contributed by atoms with Gasteiger partial charge in [-0.05, 0) is 55.0 Å². The van der Waals surface area contributed by atoms with Crippen LogP contribution in [0.2, 0.25) is 0 Å². The largest absolute Gasteiger partial charge is 0.368 e. The fraction of sp³-hybridized carbons (Fsp3) is 0.304. The second-order valence-corrected chi connectivity index (χ2v) is 7.53. The third kappa shape index (κ3) is 4.79. The number of aromatic amines is 1. The second kappa shape index (κ2) is 8.98. The summed E-state index contributed by atoms with van der Waals surface area (Å²) in [6.45, 7) is 2.72. The molecule has 0 spiro atoms. The molecule has 0 radical (unpaired) electrons. The Labute approximate surface area is 174 Å². The molecule has 1 fully saturated rings. The van der Waals surface area contributed by atoms with Crippen LogP contribution < -0.4 is 10.2 Å². The van der Waals surface area contributed by atoms with Gasteiger partial charge in [0.25, 0.3) is 0 Å². The number of anilines is 2. The zero-order valence-corrected chi connectivity index (χ0v) is 16.7. The number of fused-ring (bicyclic) bond motifs is 1. The van der Waals surface area contributed by atoms with Crippen LogP contribution in [0.5, 0.6) is 0 Å². The highest BCUT2D eigenvalue weighted by Gasteiger charge is 2.21. The summed E-state index contributed by atoms with van der Waals surface area (Å²) < 4.78 is 13.1. The molecule has 1 saturated heterocycles. The Balaban J connectivity index is 1.18. The fourth-order valence-corrected chi connectivity index (χ4v) is 3.78. The fourth-order valence-electron chi connectivity index (χ4n) is 3.78. The van der Waals surface area contributed by atoms with Gasteiger partial charge in [-0.1, -0.05) is 0 Å². The number of carbonyl (C=O) groups excluding carboxylic acids is 2. The molecular weight excluding hydrogens is 383 g/mol. The number of hydrogen-bond donors (Lipinski definition) is 2. The normalized spacial score (nSPS) is 14.2. The summed E-state index contributed by atoms with van der Waals surface area (Å²) in [7, 11) is 0. The Morgan fingerprint density at radius 1 is 0.967 bits per heavy atom. The van der Waals surface area contributed by atoms with E-state index in [9.17, 15) is 14.0 Å². The van der Waals surface area contributed by atoms with Crippen LogP contribution in [-0.4, -0.2) is 47.9 Å². The highest BCUT2D eigenvalue weighted by molar-refractivity contribution is 5.94. The van der Waals surface area contributed by atoms with Crippen molar-refractivity contribution in [3.63, 3.8) is 0 Å². The standard InChI is InChI=1S/C23H25FN4O2/c24-18-4-7-20(8-5-18)27-12-14-28(15-13-27)23(30)3-1-2-22(29)26-19-6-9-21-17(16-19)10-11-25-21/h4-11,16,25H,1-3,12-15H2,(H,26,29). The maximum atomic E-state index is 13.1. The Hall–Kier alpha value is -3.35. The summed E-state index contributed by atoms with van der Waals surface area (Å²) >= 11 is 0. The van der Waals surface area contributed by atoms with Gasteiger partial charge in [0, 0.05) is 67.5 Å². The first-order valence-electron chi connectivity index (χ1n) is 10.2. The first-order valence-corrected chi connectivity index (χ1v) is 10.2. The van der Waals surface area contributed by atoms with Crippen LogP contribution in [0.25, 0.3) is 10.9 Å². The van der Waals surface area contributed by atoms with E-state index in [2.05, 4.69) is 15.2 Å². The number of carbonyl (C=O) groups is 2. The molecule has 0 unspecified atom stereocenters. The summed E-state index contributed by atoms with van der Waals surface area (Å²) in [5, 5.41) is 3.94. The molecule has 2 amide bonds. The van der Waals surface area contributed by atoms with Crippen molar-refractivity contribution in [2.45, 2.75) is 19.3 Å². The predicted octanol–water partition coefficient (Wildman–Crippen LogP) is 3.76. The molecule has 0 saturated carbocycles. The maximum absolute atomic E-state index is 13.1. The minimum atomic E-state index is -0.248. The number of amides is 2. The Kier molecular flexibility index (Phi) is 5.97. The van der Waals surface area contributed by atoms with Crippen LogP contribution in [0.3, 0.4) is 0 Å². The number of hydrogen-bond acceptors (Lipinski definition) is 3. The van der Waals surface area contributed by atoms with E-state index in [1.54, 1.807) is 12.1 Å². The van der Waals surface area contributed by atoms with Gasteiger partial charge in [0.15, 0.2) is 0 Å². The van der Waals surface area contributed by atoms with Crippen molar-refractivity contribution in [3.8, 4) is 0 Å². The molecule has 6 nitrogen and oxygen atoms in total. The lowest BCUT2D eigenvalue weighted by Gasteiger charge is -2.36. The maximum Gasteiger partial charge on any atom is 0.224 e. The lowest BCUT2D eigenvalue weighted by Crippen LogP contribution is -2.48. The van der Waals surface area contributed by atoms with E-state index in [4.69, 9.17) is 0 Å². The number of piperazine rings is 1. The average Bonchev–Trinajstić information content (AvgIpc) is 3.22. The summed E-state index contributed by atoms with van der Waals surface area (Å²) in [5.41, 5.74) is 2.76. The van der Waals surface area contributed by atoms with Gasteiger partial charge in [-0.15, -0.1) is 0 Å². The first-order chi connectivity index (χ1) is 14.6. The molecule has 7 heteroatoms. The first kappa shape index (κ1) is 19.9. The van der Waals surface area contributed by atoms with E-state index in [-0.39, 0.29) is 17.6 Å².